The minimum atomic E-state index is -0.773. The fourth-order valence-corrected chi connectivity index (χ4v) is 3.78. The highest BCUT2D eigenvalue weighted by atomic mass is 79.9. The van der Waals surface area contributed by atoms with Gasteiger partial charge in [-0.2, -0.15) is 0 Å². The number of halogens is 3. The summed E-state index contributed by atoms with van der Waals surface area (Å²) in [6.45, 7) is 5.20. The number of benzene rings is 1. The van der Waals surface area contributed by atoms with Crippen LogP contribution in [0, 0.1) is 11.6 Å². The van der Waals surface area contributed by atoms with Crippen molar-refractivity contribution in [3.8, 4) is 0 Å². The maximum absolute atomic E-state index is 15.6. The number of aromatic nitrogens is 2. The summed E-state index contributed by atoms with van der Waals surface area (Å²) in [6.07, 6.45) is 3.05. The van der Waals surface area contributed by atoms with Crippen molar-refractivity contribution in [2.24, 2.45) is 0 Å². The second-order valence-electron chi connectivity index (χ2n) is 7.18. The Morgan fingerprint density at radius 3 is 2.81 bits per heavy atom. The maximum Gasteiger partial charge on any atom is 0.278 e. The molecule has 11 heteroatoms. The first-order chi connectivity index (χ1) is 15.5. The molecule has 3 aromatic rings. The van der Waals surface area contributed by atoms with Crippen LogP contribution < -0.4 is 10.8 Å². The van der Waals surface area contributed by atoms with Crippen molar-refractivity contribution in [3.63, 3.8) is 0 Å². The number of hydrogen-bond acceptors (Lipinski definition) is 6. The summed E-state index contributed by atoms with van der Waals surface area (Å²) in [5, 5.41) is 2.71. The molecule has 0 unspecified atom stereocenters. The smallest absolute Gasteiger partial charge is 0.278 e. The molecule has 0 saturated carbocycles. The molecule has 1 aromatic carbocycles. The van der Waals surface area contributed by atoms with Gasteiger partial charge in [-0.15, -0.1) is 0 Å². The number of nitrogens with one attached hydrogen (secondary N) is 2. The van der Waals surface area contributed by atoms with Crippen LogP contribution in [0.1, 0.15) is 23.0 Å². The van der Waals surface area contributed by atoms with Crippen LogP contribution in [0.2, 0.25) is 0 Å². The molecule has 1 amide bonds. The van der Waals surface area contributed by atoms with Gasteiger partial charge in [0.15, 0.2) is 11.5 Å². The van der Waals surface area contributed by atoms with E-state index in [2.05, 4.69) is 36.6 Å². The standard InChI is InChI=1S/C21H22BrF2N5O3/c1-2-32-27-21(30)15-12-29-14(11-28-5-7-31-8-6-28)10-25-20(29)18(24)19(15)26-17-4-3-13(22)9-16(17)23/h3-4,9-10,12,26H,2,5-8,11H2,1H3,(H,27,30). The number of carbonyl (C=O) groups is 1. The van der Waals surface area contributed by atoms with Gasteiger partial charge >= 0.3 is 0 Å². The maximum atomic E-state index is 15.6. The van der Waals surface area contributed by atoms with Crippen LogP contribution in [-0.2, 0) is 16.1 Å². The molecule has 170 valence electrons. The van der Waals surface area contributed by atoms with Crippen LogP contribution in [0.4, 0.5) is 20.2 Å². The van der Waals surface area contributed by atoms with Crippen LogP contribution >= 0.6 is 15.9 Å². The lowest BCUT2D eigenvalue weighted by Gasteiger charge is -2.26. The first-order valence-corrected chi connectivity index (χ1v) is 10.9. The zero-order chi connectivity index (χ0) is 22.7. The topological polar surface area (TPSA) is 80.1 Å². The number of imidazole rings is 1. The van der Waals surface area contributed by atoms with Crippen LogP contribution in [0.25, 0.3) is 5.65 Å². The van der Waals surface area contributed by atoms with Gasteiger partial charge in [0.1, 0.15) is 5.82 Å². The van der Waals surface area contributed by atoms with Gasteiger partial charge in [-0.3, -0.25) is 18.9 Å². The average molecular weight is 510 g/mol. The zero-order valence-electron chi connectivity index (χ0n) is 17.3. The number of nitrogens with zero attached hydrogens (tertiary/aromatic N) is 3. The molecule has 0 radical (unpaired) electrons. The number of amides is 1. The van der Waals surface area contributed by atoms with E-state index < -0.39 is 17.5 Å². The second-order valence-corrected chi connectivity index (χ2v) is 8.09. The molecule has 1 aliphatic heterocycles. The summed E-state index contributed by atoms with van der Waals surface area (Å²) in [5.74, 6) is -2.05. The summed E-state index contributed by atoms with van der Waals surface area (Å²) >= 11 is 3.19. The summed E-state index contributed by atoms with van der Waals surface area (Å²) in [5.41, 5.74) is 2.79. The summed E-state index contributed by atoms with van der Waals surface area (Å²) < 4.78 is 37.4. The largest absolute Gasteiger partial charge is 0.379 e. The molecule has 1 fully saturated rings. The molecule has 0 bridgehead atoms. The minimum Gasteiger partial charge on any atom is -0.379 e. The van der Waals surface area contributed by atoms with Gasteiger partial charge in [-0.05, 0) is 25.1 Å². The third kappa shape index (κ3) is 4.75. The molecule has 0 atom stereocenters. The first kappa shape index (κ1) is 22.6. The Balaban J connectivity index is 1.76. The van der Waals surface area contributed by atoms with Gasteiger partial charge in [0.05, 0.1) is 48.6 Å². The Labute approximate surface area is 191 Å². The Morgan fingerprint density at radius 1 is 1.31 bits per heavy atom. The van der Waals surface area contributed by atoms with Crippen molar-refractivity contribution in [1.82, 2.24) is 19.8 Å². The highest BCUT2D eigenvalue weighted by Gasteiger charge is 2.23. The SMILES string of the molecule is CCONC(=O)c1cn2c(CN3CCOCC3)cnc2c(F)c1Nc1ccc(Br)cc1F. The van der Waals surface area contributed by atoms with E-state index in [0.29, 0.717) is 29.9 Å². The summed E-state index contributed by atoms with van der Waals surface area (Å²) in [4.78, 5) is 24.1. The van der Waals surface area contributed by atoms with Crippen LogP contribution in [0.5, 0.6) is 0 Å². The predicted molar refractivity (Wildman–Crippen MR) is 118 cm³/mol. The lowest BCUT2D eigenvalue weighted by molar-refractivity contribution is 0.0335. The highest BCUT2D eigenvalue weighted by molar-refractivity contribution is 9.10. The molecule has 1 saturated heterocycles. The molecule has 0 aliphatic carbocycles. The number of pyridine rings is 1. The number of hydroxylamine groups is 1. The molecule has 3 heterocycles. The minimum absolute atomic E-state index is 0.0157. The number of rotatable bonds is 7. The molecule has 2 N–H and O–H groups in total. The monoisotopic (exact) mass is 509 g/mol. The Bertz CT molecular complexity index is 1130. The van der Waals surface area contributed by atoms with Gasteiger partial charge in [0, 0.05) is 30.3 Å². The lowest BCUT2D eigenvalue weighted by atomic mass is 10.2. The van der Waals surface area contributed by atoms with E-state index in [4.69, 9.17) is 9.57 Å². The fourth-order valence-electron chi connectivity index (χ4n) is 3.44. The number of fused-ring (bicyclic) bond motifs is 1. The Kier molecular flexibility index (Phi) is 6.99. The quantitative estimate of drug-likeness (QED) is 0.473. The van der Waals surface area contributed by atoms with E-state index in [9.17, 15) is 9.18 Å². The molecular formula is C21H22BrF2N5O3. The molecule has 1 aliphatic rings. The Hall–Kier alpha value is -2.60. The number of carbonyl (C=O) groups excluding carboxylic acids is 1. The van der Waals surface area contributed by atoms with Gasteiger partial charge < -0.3 is 10.1 Å². The van der Waals surface area contributed by atoms with E-state index in [1.165, 1.54) is 22.7 Å². The van der Waals surface area contributed by atoms with Gasteiger partial charge in [0.2, 0.25) is 0 Å². The van der Waals surface area contributed by atoms with Crippen LogP contribution in [0.3, 0.4) is 0 Å². The lowest BCUT2D eigenvalue weighted by Crippen LogP contribution is -2.36. The van der Waals surface area contributed by atoms with E-state index in [1.54, 1.807) is 19.2 Å². The molecule has 2 aromatic heterocycles. The summed E-state index contributed by atoms with van der Waals surface area (Å²) in [7, 11) is 0. The van der Waals surface area contributed by atoms with Crippen molar-refractivity contribution in [2.45, 2.75) is 13.5 Å². The van der Waals surface area contributed by atoms with E-state index in [1.807, 2.05) is 0 Å². The van der Waals surface area contributed by atoms with Crippen molar-refractivity contribution in [3.05, 3.63) is 58.0 Å². The van der Waals surface area contributed by atoms with E-state index in [0.717, 1.165) is 13.1 Å². The molecule has 0 spiro atoms. The Morgan fingerprint density at radius 2 is 2.09 bits per heavy atom. The van der Waals surface area contributed by atoms with Crippen molar-refractivity contribution in [1.29, 1.82) is 0 Å². The normalized spacial score (nSPS) is 14.6. The predicted octanol–water partition coefficient (Wildman–Crippen LogP) is 3.63. The zero-order valence-corrected chi connectivity index (χ0v) is 18.9. The molecule has 8 nitrogen and oxygen atoms in total. The fraction of sp³-hybridized carbons (Fsp3) is 0.333. The van der Waals surface area contributed by atoms with Gasteiger partial charge in [-0.25, -0.2) is 19.2 Å². The number of ether oxygens (including phenoxy) is 1. The molecule has 32 heavy (non-hydrogen) atoms. The highest BCUT2D eigenvalue weighted by Crippen LogP contribution is 2.30. The van der Waals surface area contributed by atoms with Gasteiger partial charge in [-0.1, -0.05) is 15.9 Å². The van der Waals surface area contributed by atoms with Crippen LogP contribution in [0.15, 0.2) is 35.1 Å². The summed E-state index contributed by atoms with van der Waals surface area (Å²) in [6, 6.07) is 4.30. The van der Waals surface area contributed by atoms with Crippen molar-refractivity contribution >= 4 is 38.9 Å². The van der Waals surface area contributed by atoms with Gasteiger partial charge in [0.25, 0.3) is 5.91 Å². The third-order valence-corrected chi connectivity index (χ3v) is 5.54. The van der Waals surface area contributed by atoms with Crippen molar-refractivity contribution in [2.75, 3.05) is 38.2 Å². The molecule has 4 rings (SSSR count). The number of anilines is 2. The second kappa shape index (κ2) is 9.90. The number of hydrogen-bond donors (Lipinski definition) is 2. The van der Waals surface area contributed by atoms with E-state index >= 15 is 4.39 Å². The van der Waals surface area contributed by atoms with Crippen LogP contribution in [-0.4, -0.2) is 53.1 Å². The third-order valence-electron chi connectivity index (χ3n) is 5.05. The molecular weight excluding hydrogens is 488 g/mol. The van der Waals surface area contributed by atoms with Crippen molar-refractivity contribution < 1.29 is 23.1 Å². The average Bonchev–Trinajstić information content (AvgIpc) is 3.18. The number of morpholine rings is 1. The van der Waals surface area contributed by atoms with E-state index in [-0.39, 0.29) is 29.2 Å². The first-order valence-electron chi connectivity index (χ1n) is 10.1.